The Balaban J connectivity index is 1.67. The summed E-state index contributed by atoms with van der Waals surface area (Å²) in [6, 6.07) is 3.78. The third-order valence-electron chi connectivity index (χ3n) is 5.45. The van der Waals surface area contributed by atoms with Crippen LogP contribution in [0.3, 0.4) is 0 Å². The highest BCUT2D eigenvalue weighted by Gasteiger charge is 2.47. The van der Waals surface area contributed by atoms with Crippen molar-refractivity contribution in [3.8, 4) is 5.75 Å². The summed E-state index contributed by atoms with van der Waals surface area (Å²) in [7, 11) is 2.36. The second-order valence-electron chi connectivity index (χ2n) is 7.28. The van der Waals surface area contributed by atoms with Gasteiger partial charge in [-0.25, -0.2) is 9.59 Å². The Morgan fingerprint density at radius 2 is 1.40 bits per heavy atom. The monoisotopic (exact) mass is 417 g/mol. The number of esters is 3. The Kier molecular flexibility index (Phi) is 6.49. The number of fused-ring (bicyclic) bond motifs is 1. The van der Waals surface area contributed by atoms with Gasteiger partial charge in [0.25, 0.3) is 0 Å². The molecule has 2 atom stereocenters. The maximum atomic E-state index is 12.5. The SMILES string of the molecule is COC(=O)c1cc(OC(=O)CCN2C(=O)C3CCCCC3C2=O)cc(C(=O)OC)c1. The summed E-state index contributed by atoms with van der Waals surface area (Å²) in [5.74, 6) is -3.18. The van der Waals surface area contributed by atoms with Gasteiger partial charge in [0.1, 0.15) is 5.75 Å². The zero-order valence-corrected chi connectivity index (χ0v) is 16.8. The lowest BCUT2D eigenvalue weighted by atomic mass is 9.81. The molecule has 1 aromatic rings. The van der Waals surface area contributed by atoms with Crippen molar-refractivity contribution in [3.63, 3.8) is 0 Å². The molecule has 2 unspecified atom stereocenters. The molecule has 160 valence electrons. The fourth-order valence-corrected chi connectivity index (χ4v) is 3.97. The van der Waals surface area contributed by atoms with Gasteiger partial charge in [0.15, 0.2) is 0 Å². The molecule has 1 aromatic carbocycles. The van der Waals surface area contributed by atoms with E-state index in [2.05, 4.69) is 9.47 Å². The summed E-state index contributed by atoms with van der Waals surface area (Å²) in [5, 5.41) is 0. The molecule has 1 saturated heterocycles. The van der Waals surface area contributed by atoms with Crippen molar-refractivity contribution in [3.05, 3.63) is 29.3 Å². The maximum Gasteiger partial charge on any atom is 0.338 e. The lowest BCUT2D eigenvalue weighted by Gasteiger charge is -2.19. The minimum atomic E-state index is -0.714. The van der Waals surface area contributed by atoms with E-state index in [9.17, 15) is 24.0 Å². The molecule has 1 saturated carbocycles. The summed E-state index contributed by atoms with van der Waals surface area (Å²) < 4.78 is 14.5. The summed E-state index contributed by atoms with van der Waals surface area (Å²) >= 11 is 0. The van der Waals surface area contributed by atoms with Crippen LogP contribution in [0.2, 0.25) is 0 Å². The van der Waals surface area contributed by atoms with E-state index in [1.807, 2.05) is 0 Å². The molecule has 2 fully saturated rings. The first-order chi connectivity index (χ1) is 14.3. The average Bonchev–Trinajstić information content (AvgIpc) is 3.00. The molecule has 30 heavy (non-hydrogen) atoms. The number of carbonyl (C=O) groups is 5. The van der Waals surface area contributed by atoms with Crippen molar-refractivity contribution in [1.29, 1.82) is 0 Å². The maximum absolute atomic E-state index is 12.5. The number of methoxy groups -OCH3 is 2. The van der Waals surface area contributed by atoms with Gasteiger partial charge in [0, 0.05) is 6.54 Å². The normalized spacial score (nSPS) is 20.5. The van der Waals surface area contributed by atoms with Crippen LogP contribution in [-0.2, 0) is 23.9 Å². The Morgan fingerprint density at radius 3 is 1.87 bits per heavy atom. The van der Waals surface area contributed by atoms with Gasteiger partial charge in [-0.2, -0.15) is 0 Å². The number of amides is 2. The van der Waals surface area contributed by atoms with Crippen molar-refractivity contribution < 1.29 is 38.2 Å². The zero-order valence-electron chi connectivity index (χ0n) is 16.8. The number of hydrogen-bond acceptors (Lipinski definition) is 8. The van der Waals surface area contributed by atoms with E-state index < -0.39 is 17.9 Å². The van der Waals surface area contributed by atoms with E-state index in [4.69, 9.17) is 4.74 Å². The number of carbonyl (C=O) groups excluding carboxylic acids is 5. The van der Waals surface area contributed by atoms with Crippen molar-refractivity contribution in [2.45, 2.75) is 32.1 Å². The van der Waals surface area contributed by atoms with Gasteiger partial charge in [0.05, 0.1) is 43.6 Å². The van der Waals surface area contributed by atoms with E-state index in [1.54, 1.807) is 0 Å². The standard InChI is InChI=1S/C21H23NO8/c1-28-20(26)12-9-13(21(27)29-2)11-14(10-12)30-17(23)7-8-22-18(24)15-5-3-4-6-16(15)19(22)25/h9-11,15-16H,3-8H2,1-2H3. The second-order valence-corrected chi connectivity index (χ2v) is 7.28. The first-order valence-corrected chi connectivity index (χ1v) is 9.73. The highest BCUT2D eigenvalue weighted by molar-refractivity contribution is 6.05. The van der Waals surface area contributed by atoms with Gasteiger partial charge < -0.3 is 14.2 Å². The number of likely N-dealkylation sites (tertiary alicyclic amines) is 1. The van der Waals surface area contributed by atoms with Crippen LogP contribution in [0.4, 0.5) is 0 Å². The van der Waals surface area contributed by atoms with Gasteiger partial charge in [-0.05, 0) is 31.0 Å². The van der Waals surface area contributed by atoms with Crippen LogP contribution >= 0.6 is 0 Å². The number of benzene rings is 1. The van der Waals surface area contributed by atoms with Crippen LogP contribution in [0, 0.1) is 11.8 Å². The first kappa shape index (κ1) is 21.5. The topological polar surface area (TPSA) is 116 Å². The molecule has 2 amide bonds. The molecule has 0 radical (unpaired) electrons. The molecule has 3 rings (SSSR count). The third kappa shape index (κ3) is 4.34. The van der Waals surface area contributed by atoms with Crippen molar-refractivity contribution in [2.24, 2.45) is 11.8 Å². The van der Waals surface area contributed by atoms with Gasteiger partial charge in [-0.15, -0.1) is 0 Å². The largest absolute Gasteiger partial charge is 0.465 e. The molecule has 1 aliphatic carbocycles. The van der Waals surface area contributed by atoms with Crippen molar-refractivity contribution in [1.82, 2.24) is 4.90 Å². The molecule has 0 spiro atoms. The molecule has 9 heteroatoms. The van der Waals surface area contributed by atoms with Crippen LogP contribution in [0.1, 0.15) is 52.8 Å². The fraction of sp³-hybridized carbons (Fsp3) is 0.476. The van der Waals surface area contributed by atoms with Crippen LogP contribution in [0.15, 0.2) is 18.2 Å². The molecule has 0 N–H and O–H groups in total. The number of imide groups is 1. The Hall–Kier alpha value is -3.23. The molecule has 2 aliphatic rings. The Labute approximate surface area is 173 Å². The summed E-state index contributed by atoms with van der Waals surface area (Å²) in [6.07, 6.45) is 3.05. The van der Waals surface area contributed by atoms with Gasteiger partial charge in [-0.1, -0.05) is 12.8 Å². The number of ether oxygens (including phenoxy) is 3. The summed E-state index contributed by atoms with van der Waals surface area (Å²) in [6.45, 7) is -0.0654. The molecule has 0 aromatic heterocycles. The van der Waals surface area contributed by atoms with Crippen LogP contribution in [-0.4, -0.2) is 55.4 Å². The van der Waals surface area contributed by atoms with Crippen molar-refractivity contribution in [2.75, 3.05) is 20.8 Å². The van der Waals surface area contributed by atoms with E-state index >= 15 is 0 Å². The first-order valence-electron chi connectivity index (χ1n) is 9.73. The van der Waals surface area contributed by atoms with Crippen LogP contribution < -0.4 is 4.74 Å². The molecular formula is C21H23NO8. The molecular weight excluding hydrogens is 394 g/mol. The Bertz CT molecular complexity index is 835. The van der Waals surface area contributed by atoms with Gasteiger partial charge in [-0.3, -0.25) is 19.3 Å². The summed E-state index contributed by atoms with van der Waals surface area (Å²) in [5.41, 5.74) is 0.0225. The molecule has 0 bridgehead atoms. The van der Waals surface area contributed by atoms with Gasteiger partial charge in [0.2, 0.25) is 11.8 Å². The second kappa shape index (κ2) is 9.06. The van der Waals surface area contributed by atoms with Crippen LogP contribution in [0.25, 0.3) is 0 Å². The minimum absolute atomic E-state index is 0.0113. The molecule has 1 aliphatic heterocycles. The predicted octanol–water partition coefficient (Wildman–Crippen LogP) is 1.73. The molecule has 9 nitrogen and oxygen atoms in total. The molecule has 1 heterocycles. The predicted molar refractivity (Wildman–Crippen MR) is 102 cm³/mol. The quantitative estimate of drug-likeness (QED) is 0.390. The lowest BCUT2D eigenvalue weighted by Crippen LogP contribution is -2.33. The van der Waals surface area contributed by atoms with E-state index in [0.717, 1.165) is 17.7 Å². The van der Waals surface area contributed by atoms with Crippen LogP contribution in [0.5, 0.6) is 5.75 Å². The van der Waals surface area contributed by atoms with E-state index in [-0.39, 0.29) is 53.5 Å². The number of rotatable bonds is 6. The minimum Gasteiger partial charge on any atom is -0.465 e. The Morgan fingerprint density at radius 1 is 0.900 bits per heavy atom. The van der Waals surface area contributed by atoms with Crippen molar-refractivity contribution >= 4 is 29.7 Å². The highest BCUT2D eigenvalue weighted by atomic mass is 16.5. The lowest BCUT2D eigenvalue weighted by molar-refractivity contribution is -0.141. The average molecular weight is 417 g/mol. The highest BCUT2D eigenvalue weighted by Crippen LogP contribution is 2.38. The van der Waals surface area contributed by atoms with Gasteiger partial charge >= 0.3 is 17.9 Å². The van der Waals surface area contributed by atoms with E-state index in [1.165, 1.54) is 32.4 Å². The van der Waals surface area contributed by atoms with E-state index in [0.29, 0.717) is 12.8 Å². The smallest absolute Gasteiger partial charge is 0.338 e. The zero-order chi connectivity index (χ0) is 21.8. The summed E-state index contributed by atoms with van der Waals surface area (Å²) in [4.78, 5) is 62.0. The third-order valence-corrected chi connectivity index (χ3v) is 5.45. The number of hydrogen-bond donors (Lipinski definition) is 0. The fourth-order valence-electron chi connectivity index (χ4n) is 3.97. The number of nitrogens with zero attached hydrogens (tertiary/aromatic N) is 1.